The van der Waals surface area contributed by atoms with Gasteiger partial charge in [-0.25, -0.2) is 0 Å². The molecular formula is C21H22Br6O2. The van der Waals surface area contributed by atoms with Gasteiger partial charge in [-0.2, -0.15) is 0 Å². The van der Waals surface area contributed by atoms with Crippen molar-refractivity contribution in [3.8, 4) is 11.5 Å². The molecule has 0 fully saturated rings. The average molecular weight is 786 g/mol. The van der Waals surface area contributed by atoms with Gasteiger partial charge in [0.1, 0.15) is 11.5 Å². The van der Waals surface area contributed by atoms with Gasteiger partial charge in [0, 0.05) is 5.41 Å². The maximum atomic E-state index is 6.02. The lowest BCUT2D eigenvalue weighted by Crippen LogP contribution is -2.22. The number of hydrogen-bond donors (Lipinski definition) is 0. The van der Waals surface area contributed by atoms with Crippen molar-refractivity contribution in [3.63, 3.8) is 0 Å². The first kappa shape index (κ1) is 26.2. The smallest absolute Gasteiger partial charge is 0.157 e. The van der Waals surface area contributed by atoms with Crippen LogP contribution in [-0.2, 0) is 5.41 Å². The minimum Gasteiger partial charge on any atom is -0.474 e. The Balaban J connectivity index is 2.50. The normalized spacial score (nSPS) is 12.8. The van der Waals surface area contributed by atoms with Crippen LogP contribution in [0.2, 0.25) is 0 Å². The maximum absolute atomic E-state index is 6.02. The van der Waals surface area contributed by atoms with E-state index in [0.29, 0.717) is 0 Å². The standard InChI is InChI=1S/C21H22Br6O2/c1-19(2,11-7-13(22)17(14(23)8-11)28-20(3,4)26)12-9-15(24)18(16(25)10-12)29-21(5,6)27/h7-10H,1-6H3. The molecule has 0 atom stereocenters. The summed E-state index contributed by atoms with van der Waals surface area (Å²) in [5.41, 5.74) is 2.02. The molecule has 0 aromatic heterocycles. The molecule has 0 unspecified atom stereocenters. The summed E-state index contributed by atoms with van der Waals surface area (Å²) in [6.45, 7) is 12.2. The molecule has 160 valence electrons. The zero-order chi connectivity index (χ0) is 22.4. The SMILES string of the molecule is CC(C)(Br)Oc1c(Br)cc(C(C)(C)c2cc(Br)c(OC(C)(C)Br)c(Br)c2)cc1Br. The van der Waals surface area contributed by atoms with Crippen LogP contribution < -0.4 is 9.47 Å². The Bertz CT molecular complexity index is 791. The monoisotopic (exact) mass is 780 g/mol. The molecule has 2 nitrogen and oxygen atoms in total. The number of halogens is 6. The van der Waals surface area contributed by atoms with Crippen LogP contribution in [0.5, 0.6) is 11.5 Å². The van der Waals surface area contributed by atoms with Gasteiger partial charge in [-0.3, -0.25) is 0 Å². The zero-order valence-corrected chi connectivity index (χ0v) is 26.4. The third-order valence-corrected chi connectivity index (χ3v) is 6.81. The van der Waals surface area contributed by atoms with Gasteiger partial charge >= 0.3 is 0 Å². The van der Waals surface area contributed by atoms with Crippen molar-refractivity contribution < 1.29 is 9.47 Å². The predicted octanol–water partition coefficient (Wildman–Crippen LogP) is 10.1. The summed E-state index contributed by atoms with van der Waals surface area (Å²) in [6.07, 6.45) is 0. The highest BCUT2D eigenvalue weighted by molar-refractivity contribution is 9.11. The topological polar surface area (TPSA) is 18.5 Å². The van der Waals surface area contributed by atoms with E-state index in [1.807, 2.05) is 27.7 Å². The minimum absolute atomic E-state index is 0.263. The summed E-state index contributed by atoms with van der Waals surface area (Å²) in [5.74, 6) is 1.52. The summed E-state index contributed by atoms with van der Waals surface area (Å²) >= 11 is 21.7. The number of ether oxygens (including phenoxy) is 2. The summed E-state index contributed by atoms with van der Waals surface area (Å²) in [6, 6.07) is 8.42. The lowest BCUT2D eigenvalue weighted by Gasteiger charge is -2.30. The lowest BCUT2D eigenvalue weighted by molar-refractivity contribution is 0.211. The minimum atomic E-state index is -0.468. The van der Waals surface area contributed by atoms with E-state index in [0.717, 1.165) is 40.5 Å². The van der Waals surface area contributed by atoms with Crippen LogP contribution in [0.15, 0.2) is 42.2 Å². The first-order valence-electron chi connectivity index (χ1n) is 8.76. The van der Waals surface area contributed by atoms with Crippen LogP contribution in [0.25, 0.3) is 0 Å². The maximum Gasteiger partial charge on any atom is 0.157 e. The van der Waals surface area contributed by atoms with E-state index in [1.165, 1.54) is 0 Å². The fraction of sp³-hybridized carbons (Fsp3) is 0.429. The van der Waals surface area contributed by atoms with E-state index >= 15 is 0 Å². The van der Waals surface area contributed by atoms with E-state index in [2.05, 4.69) is 134 Å². The Morgan fingerprint density at radius 3 is 1.00 bits per heavy atom. The van der Waals surface area contributed by atoms with E-state index in [1.54, 1.807) is 0 Å². The first-order chi connectivity index (χ1) is 13.0. The van der Waals surface area contributed by atoms with Crippen LogP contribution in [0, 0.1) is 0 Å². The van der Waals surface area contributed by atoms with Crippen molar-refractivity contribution in [2.24, 2.45) is 0 Å². The molecule has 2 aromatic carbocycles. The molecule has 0 aliphatic carbocycles. The van der Waals surface area contributed by atoms with Gasteiger partial charge in [-0.05, 0) is 159 Å². The van der Waals surface area contributed by atoms with E-state index in [-0.39, 0.29) is 5.41 Å². The Hall–Kier alpha value is 0.920. The largest absolute Gasteiger partial charge is 0.474 e. The molecule has 0 amide bonds. The van der Waals surface area contributed by atoms with Crippen molar-refractivity contribution in [1.29, 1.82) is 0 Å². The molecule has 8 heteroatoms. The van der Waals surface area contributed by atoms with Gasteiger partial charge < -0.3 is 9.47 Å². The molecule has 0 aliphatic rings. The number of hydrogen-bond acceptors (Lipinski definition) is 2. The molecule has 0 bridgehead atoms. The van der Waals surface area contributed by atoms with Crippen molar-refractivity contribution in [2.75, 3.05) is 0 Å². The van der Waals surface area contributed by atoms with Gasteiger partial charge in [-0.1, -0.05) is 13.8 Å². The Morgan fingerprint density at radius 1 is 0.552 bits per heavy atom. The molecule has 0 spiro atoms. The number of benzene rings is 2. The molecule has 0 saturated carbocycles. The second-order valence-electron chi connectivity index (χ2n) is 8.09. The van der Waals surface area contributed by atoms with E-state index in [9.17, 15) is 0 Å². The molecule has 0 saturated heterocycles. The first-order valence-corrected chi connectivity index (χ1v) is 13.5. The fourth-order valence-electron chi connectivity index (χ4n) is 2.69. The van der Waals surface area contributed by atoms with Crippen LogP contribution in [0.1, 0.15) is 52.7 Å². The van der Waals surface area contributed by atoms with E-state index < -0.39 is 9.02 Å². The highest BCUT2D eigenvalue weighted by atomic mass is 79.9. The molecule has 2 aromatic rings. The summed E-state index contributed by atoms with van der Waals surface area (Å²) in [4.78, 5) is 0. The number of rotatable bonds is 6. The van der Waals surface area contributed by atoms with Crippen LogP contribution in [0.4, 0.5) is 0 Å². The highest BCUT2D eigenvalue weighted by Crippen LogP contribution is 2.45. The summed E-state index contributed by atoms with van der Waals surface area (Å²) in [5, 5.41) is 0. The van der Waals surface area contributed by atoms with Crippen molar-refractivity contribution >= 4 is 95.6 Å². The molecule has 0 heterocycles. The Morgan fingerprint density at radius 2 is 0.793 bits per heavy atom. The Kier molecular flexibility index (Phi) is 8.50. The molecule has 29 heavy (non-hydrogen) atoms. The lowest BCUT2D eigenvalue weighted by atomic mass is 9.78. The molecule has 0 aliphatic heterocycles. The van der Waals surface area contributed by atoms with Gasteiger partial charge in [0.2, 0.25) is 0 Å². The second kappa shape index (κ2) is 9.42. The quantitative estimate of drug-likeness (QED) is 0.272. The zero-order valence-electron chi connectivity index (χ0n) is 16.9. The Labute approximate surface area is 223 Å². The third-order valence-electron chi connectivity index (χ3n) is 4.13. The summed E-state index contributed by atoms with van der Waals surface area (Å²) in [7, 11) is 0. The van der Waals surface area contributed by atoms with Crippen LogP contribution in [0.3, 0.4) is 0 Å². The highest BCUT2D eigenvalue weighted by Gasteiger charge is 2.29. The summed E-state index contributed by atoms with van der Waals surface area (Å²) < 4.78 is 14.7. The average Bonchev–Trinajstić information content (AvgIpc) is 2.52. The van der Waals surface area contributed by atoms with Crippen molar-refractivity contribution in [1.82, 2.24) is 0 Å². The molecule has 2 rings (SSSR count). The van der Waals surface area contributed by atoms with Gasteiger partial charge in [0.15, 0.2) is 9.02 Å². The van der Waals surface area contributed by atoms with Crippen molar-refractivity contribution in [3.05, 3.63) is 53.3 Å². The third kappa shape index (κ3) is 6.95. The predicted molar refractivity (Wildman–Crippen MR) is 143 cm³/mol. The molecule has 0 radical (unpaired) electrons. The van der Waals surface area contributed by atoms with Gasteiger partial charge in [-0.15, -0.1) is 0 Å². The van der Waals surface area contributed by atoms with Gasteiger partial charge in [0.25, 0.3) is 0 Å². The van der Waals surface area contributed by atoms with Gasteiger partial charge in [0.05, 0.1) is 17.9 Å². The van der Waals surface area contributed by atoms with Crippen LogP contribution in [-0.4, -0.2) is 9.02 Å². The fourth-order valence-corrected chi connectivity index (χ4v) is 5.71. The van der Waals surface area contributed by atoms with E-state index in [4.69, 9.17) is 9.47 Å². The van der Waals surface area contributed by atoms with Crippen molar-refractivity contribution in [2.45, 2.75) is 56.0 Å². The molecule has 0 N–H and O–H groups in total. The second-order valence-corrected chi connectivity index (χ2v) is 15.3. The molecular weight excluding hydrogens is 764 g/mol. The van der Waals surface area contributed by atoms with Crippen LogP contribution >= 0.6 is 95.6 Å². The number of alkyl halides is 2.